The zero-order chi connectivity index (χ0) is 13.0. The Kier molecular flexibility index (Phi) is 3.84. The van der Waals surface area contributed by atoms with E-state index in [-0.39, 0.29) is 5.54 Å². The summed E-state index contributed by atoms with van der Waals surface area (Å²) in [5.74, 6) is 1.80. The summed E-state index contributed by atoms with van der Waals surface area (Å²) >= 11 is 0. The van der Waals surface area contributed by atoms with Crippen LogP contribution in [-0.2, 0) is 0 Å². The van der Waals surface area contributed by atoms with Crippen LogP contribution in [0.4, 0.5) is 5.82 Å². The SMILES string of the molecule is CC(C)(C)N=C(Nc1ccccn1)N1CCCC1. The van der Waals surface area contributed by atoms with Gasteiger partial charge in [-0.15, -0.1) is 0 Å². The highest BCUT2D eigenvalue weighted by molar-refractivity contribution is 5.93. The summed E-state index contributed by atoms with van der Waals surface area (Å²) in [6, 6.07) is 5.86. The second kappa shape index (κ2) is 5.38. The third-order valence-corrected chi connectivity index (χ3v) is 2.75. The second-order valence-electron chi connectivity index (χ2n) is 5.64. The highest BCUT2D eigenvalue weighted by Crippen LogP contribution is 2.14. The van der Waals surface area contributed by atoms with E-state index in [1.807, 2.05) is 18.2 Å². The molecule has 0 radical (unpaired) electrons. The number of guanidine groups is 1. The first-order chi connectivity index (χ1) is 8.54. The highest BCUT2D eigenvalue weighted by atomic mass is 15.3. The standard InChI is InChI=1S/C14H22N4/c1-14(2,3)17-13(18-10-6-7-11-18)16-12-8-4-5-9-15-12/h4-5,8-9H,6-7,10-11H2,1-3H3,(H,15,16,17). The van der Waals surface area contributed by atoms with Gasteiger partial charge in [-0.2, -0.15) is 0 Å². The number of nitrogens with zero attached hydrogens (tertiary/aromatic N) is 3. The fourth-order valence-corrected chi connectivity index (χ4v) is 1.98. The molecule has 1 N–H and O–H groups in total. The summed E-state index contributed by atoms with van der Waals surface area (Å²) in [6.45, 7) is 8.50. The highest BCUT2D eigenvalue weighted by Gasteiger charge is 2.19. The van der Waals surface area contributed by atoms with Crippen LogP contribution >= 0.6 is 0 Å². The smallest absolute Gasteiger partial charge is 0.200 e. The van der Waals surface area contributed by atoms with Gasteiger partial charge in [-0.25, -0.2) is 9.98 Å². The van der Waals surface area contributed by atoms with Crippen molar-refractivity contribution in [1.82, 2.24) is 9.88 Å². The summed E-state index contributed by atoms with van der Waals surface area (Å²) in [7, 11) is 0. The predicted molar refractivity (Wildman–Crippen MR) is 75.9 cm³/mol. The Balaban J connectivity index is 2.17. The summed E-state index contributed by atoms with van der Waals surface area (Å²) in [4.78, 5) is 11.4. The molecule has 0 atom stereocenters. The molecule has 0 amide bonds. The molecule has 2 heterocycles. The van der Waals surface area contributed by atoms with Crippen LogP contribution in [0.1, 0.15) is 33.6 Å². The third-order valence-electron chi connectivity index (χ3n) is 2.75. The van der Waals surface area contributed by atoms with Crippen LogP contribution in [0.25, 0.3) is 0 Å². The Hall–Kier alpha value is -1.58. The van der Waals surface area contributed by atoms with Crippen molar-refractivity contribution >= 4 is 11.8 Å². The van der Waals surface area contributed by atoms with Crippen molar-refractivity contribution in [3.05, 3.63) is 24.4 Å². The lowest BCUT2D eigenvalue weighted by atomic mass is 10.1. The van der Waals surface area contributed by atoms with E-state index in [4.69, 9.17) is 4.99 Å². The van der Waals surface area contributed by atoms with Crippen molar-refractivity contribution in [1.29, 1.82) is 0 Å². The minimum atomic E-state index is -0.0836. The Morgan fingerprint density at radius 3 is 2.56 bits per heavy atom. The van der Waals surface area contributed by atoms with Crippen LogP contribution in [0.5, 0.6) is 0 Å². The molecule has 1 fully saturated rings. The fourth-order valence-electron chi connectivity index (χ4n) is 1.98. The molecule has 0 bridgehead atoms. The molecular formula is C14H22N4. The lowest BCUT2D eigenvalue weighted by molar-refractivity contribution is 0.493. The number of aliphatic imine (C=N–C) groups is 1. The molecule has 1 aromatic heterocycles. The predicted octanol–water partition coefficient (Wildman–Crippen LogP) is 2.74. The van der Waals surface area contributed by atoms with Gasteiger partial charge in [-0.1, -0.05) is 6.07 Å². The molecule has 1 aromatic rings. The molecule has 0 unspecified atom stereocenters. The van der Waals surface area contributed by atoms with Gasteiger partial charge in [0, 0.05) is 19.3 Å². The Labute approximate surface area is 109 Å². The number of likely N-dealkylation sites (tertiary alicyclic amines) is 1. The molecule has 4 heteroatoms. The maximum atomic E-state index is 4.78. The van der Waals surface area contributed by atoms with E-state index in [1.165, 1.54) is 12.8 Å². The molecule has 18 heavy (non-hydrogen) atoms. The average molecular weight is 246 g/mol. The van der Waals surface area contributed by atoms with Crippen LogP contribution in [0.15, 0.2) is 29.4 Å². The lowest BCUT2D eigenvalue weighted by Crippen LogP contribution is -2.36. The van der Waals surface area contributed by atoms with Crippen molar-refractivity contribution in [3.8, 4) is 0 Å². The second-order valence-corrected chi connectivity index (χ2v) is 5.64. The molecule has 98 valence electrons. The lowest BCUT2D eigenvalue weighted by Gasteiger charge is -2.24. The van der Waals surface area contributed by atoms with Gasteiger partial charge in [0.25, 0.3) is 0 Å². The quantitative estimate of drug-likeness (QED) is 0.612. The minimum absolute atomic E-state index is 0.0836. The van der Waals surface area contributed by atoms with E-state index >= 15 is 0 Å². The molecule has 0 aromatic carbocycles. The number of aromatic nitrogens is 1. The van der Waals surface area contributed by atoms with Gasteiger partial charge in [-0.3, -0.25) is 0 Å². The van der Waals surface area contributed by atoms with E-state index in [1.54, 1.807) is 6.20 Å². The van der Waals surface area contributed by atoms with Gasteiger partial charge in [0.05, 0.1) is 5.54 Å². The van der Waals surface area contributed by atoms with E-state index in [0.717, 1.165) is 24.9 Å². The molecule has 0 spiro atoms. The van der Waals surface area contributed by atoms with Gasteiger partial charge in [-0.05, 0) is 45.7 Å². The zero-order valence-corrected chi connectivity index (χ0v) is 11.5. The van der Waals surface area contributed by atoms with Gasteiger partial charge >= 0.3 is 0 Å². The molecule has 1 saturated heterocycles. The van der Waals surface area contributed by atoms with Crippen molar-refractivity contribution in [2.75, 3.05) is 18.4 Å². The zero-order valence-electron chi connectivity index (χ0n) is 11.5. The Morgan fingerprint density at radius 1 is 1.28 bits per heavy atom. The molecule has 4 nitrogen and oxygen atoms in total. The number of anilines is 1. The number of rotatable bonds is 1. The van der Waals surface area contributed by atoms with Gasteiger partial charge in [0.1, 0.15) is 5.82 Å². The molecule has 0 saturated carbocycles. The summed E-state index contributed by atoms with van der Waals surface area (Å²) < 4.78 is 0. The van der Waals surface area contributed by atoms with E-state index in [2.05, 4.69) is 36.0 Å². The monoisotopic (exact) mass is 246 g/mol. The molecular weight excluding hydrogens is 224 g/mol. The maximum absolute atomic E-state index is 4.78. The fraction of sp³-hybridized carbons (Fsp3) is 0.571. The van der Waals surface area contributed by atoms with E-state index in [0.29, 0.717) is 0 Å². The van der Waals surface area contributed by atoms with Crippen molar-refractivity contribution in [2.45, 2.75) is 39.2 Å². The van der Waals surface area contributed by atoms with Crippen molar-refractivity contribution < 1.29 is 0 Å². The Bertz CT molecular complexity index is 400. The minimum Gasteiger partial charge on any atom is -0.343 e. The molecule has 1 aliphatic heterocycles. The number of hydrogen-bond donors (Lipinski definition) is 1. The number of nitrogens with one attached hydrogen (secondary N) is 1. The van der Waals surface area contributed by atoms with Crippen LogP contribution in [0.2, 0.25) is 0 Å². The van der Waals surface area contributed by atoms with Crippen LogP contribution in [0.3, 0.4) is 0 Å². The number of hydrogen-bond acceptors (Lipinski definition) is 2. The van der Waals surface area contributed by atoms with Crippen molar-refractivity contribution in [2.24, 2.45) is 4.99 Å². The summed E-state index contributed by atoms with van der Waals surface area (Å²) in [5.41, 5.74) is -0.0836. The summed E-state index contributed by atoms with van der Waals surface area (Å²) in [5, 5.41) is 3.34. The third kappa shape index (κ3) is 3.72. The number of pyridine rings is 1. The van der Waals surface area contributed by atoms with Crippen LogP contribution < -0.4 is 5.32 Å². The van der Waals surface area contributed by atoms with Crippen molar-refractivity contribution in [3.63, 3.8) is 0 Å². The van der Waals surface area contributed by atoms with E-state index in [9.17, 15) is 0 Å². The largest absolute Gasteiger partial charge is 0.343 e. The first kappa shape index (κ1) is 12.9. The normalized spacial score (nSPS) is 17.1. The maximum Gasteiger partial charge on any atom is 0.200 e. The molecule has 2 rings (SSSR count). The van der Waals surface area contributed by atoms with E-state index < -0.39 is 0 Å². The van der Waals surface area contributed by atoms with Crippen LogP contribution in [-0.4, -0.2) is 34.5 Å². The molecule has 0 aliphatic carbocycles. The van der Waals surface area contributed by atoms with Crippen LogP contribution in [0, 0.1) is 0 Å². The van der Waals surface area contributed by atoms with Gasteiger partial charge < -0.3 is 10.2 Å². The van der Waals surface area contributed by atoms with Gasteiger partial charge in [0.2, 0.25) is 0 Å². The van der Waals surface area contributed by atoms with Gasteiger partial charge in [0.15, 0.2) is 5.96 Å². The summed E-state index contributed by atoms with van der Waals surface area (Å²) in [6.07, 6.45) is 4.28. The average Bonchev–Trinajstić information content (AvgIpc) is 2.81. The molecule has 1 aliphatic rings. The Morgan fingerprint density at radius 2 is 2.00 bits per heavy atom. The topological polar surface area (TPSA) is 40.5 Å². The first-order valence-electron chi connectivity index (χ1n) is 6.57. The first-order valence-corrected chi connectivity index (χ1v) is 6.57.